The van der Waals surface area contributed by atoms with Crippen molar-refractivity contribution in [3.8, 4) is 0 Å². The van der Waals surface area contributed by atoms with Crippen LogP contribution in [-0.4, -0.2) is 18.9 Å². The molecule has 1 saturated heterocycles. The molecule has 1 aromatic rings. The maximum absolute atomic E-state index is 11.1. The molecule has 17 heavy (non-hydrogen) atoms. The van der Waals surface area contributed by atoms with E-state index < -0.39 is 0 Å². The molecule has 1 aliphatic heterocycles. The van der Waals surface area contributed by atoms with Gasteiger partial charge in [-0.3, -0.25) is 4.79 Å². The zero-order valence-corrected chi connectivity index (χ0v) is 11.1. The van der Waals surface area contributed by atoms with Gasteiger partial charge in [0.25, 0.3) is 0 Å². The van der Waals surface area contributed by atoms with Gasteiger partial charge in [-0.2, -0.15) is 0 Å². The lowest BCUT2D eigenvalue weighted by Crippen LogP contribution is -2.42. The van der Waals surface area contributed by atoms with E-state index in [-0.39, 0.29) is 0 Å². The molecular formula is C14H18ClNO. The molecule has 0 aliphatic carbocycles. The summed E-state index contributed by atoms with van der Waals surface area (Å²) in [5.41, 5.74) is 1.71. The average molecular weight is 252 g/mol. The second-order valence-electron chi connectivity index (χ2n) is 4.87. The maximum atomic E-state index is 11.1. The van der Waals surface area contributed by atoms with Crippen molar-refractivity contribution >= 4 is 23.6 Å². The number of piperidine rings is 1. The highest BCUT2D eigenvalue weighted by molar-refractivity contribution is 6.31. The van der Waals surface area contributed by atoms with Gasteiger partial charge in [0, 0.05) is 28.9 Å². The zero-order chi connectivity index (χ0) is 12.4. The van der Waals surface area contributed by atoms with Crippen molar-refractivity contribution in [2.75, 3.05) is 11.4 Å². The van der Waals surface area contributed by atoms with Crippen molar-refractivity contribution in [3.05, 3.63) is 28.8 Å². The molecule has 2 unspecified atom stereocenters. The molecule has 0 spiro atoms. The first-order valence-electron chi connectivity index (χ1n) is 6.15. The molecule has 0 aromatic heterocycles. The molecule has 2 atom stereocenters. The molecule has 1 aliphatic rings. The van der Waals surface area contributed by atoms with Gasteiger partial charge in [0.2, 0.25) is 0 Å². The van der Waals surface area contributed by atoms with Gasteiger partial charge in [0.15, 0.2) is 6.29 Å². The van der Waals surface area contributed by atoms with E-state index in [9.17, 15) is 4.79 Å². The van der Waals surface area contributed by atoms with Crippen molar-refractivity contribution in [2.24, 2.45) is 5.92 Å². The minimum Gasteiger partial charge on any atom is -0.368 e. The monoisotopic (exact) mass is 251 g/mol. The smallest absolute Gasteiger partial charge is 0.152 e. The number of hydrogen-bond acceptors (Lipinski definition) is 2. The van der Waals surface area contributed by atoms with Crippen LogP contribution in [0.1, 0.15) is 37.0 Å². The Morgan fingerprint density at radius 1 is 1.41 bits per heavy atom. The highest BCUT2D eigenvalue weighted by Gasteiger charge is 2.26. The Bertz CT molecular complexity index is 419. The number of anilines is 1. The van der Waals surface area contributed by atoms with Crippen LogP contribution in [0.25, 0.3) is 0 Å². The van der Waals surface area contributed by atoms with E-state index in [0.717, 1.165) is 24.1 Å². The Morgan fingerprint density at radius 2 is 2.18 bits per heavy atom. The Labute approximate surface area is 108 Å². The van der Waals surface area contributed by atoms with Gasteiger partial charge in [-0.15, -0.1) is 0 Å². The van der Waals surface area contributed by atoms with Crippen molar-refractivity contribution in [3.63, 3.8) is 0 Å². The van der Waals surface area contributed by atoms with Crippen molar-refractivity contribution in [2.45, 2.75) is 32.7 Å². The second-order valence-corrected chi connectivity index (χ2v) is 5.31. The summed E-state index contributed by atoms with van der Waals surface area (Å²) < 4.78 is 0. The Balaban J connectivity index is 2.37. The van der Waals surface area contributed by atoms with Crippen LogP contribution in [-0.2, 0) is 0 Å². The van der Waals surface area contributed by atoms with Crippen LogP contribution in [0, 0.1) is 5.92 Å². The molecule has 2 nitrogen and oxygen atoms in total. The second kappa shape index (κ2) is 5.09. The lowest BCUT2D eigenvalue weighted by molar-refractivity contribution is 0.112. The fourth-order valence-electron chi connectivity index (χ4n) is 2.54. The first-order chi connectivity index (χ1) is 8.13. The van der Waals surface area contributed by atoms with E-state index >= 15 is 0 Å². The number of carbonyl (C=O) groups excluding carboxylic acids is 1. The lowest BCUT2D eigenvalue weighted by Gasteiger charge is -2.40. The largest absolute Gasteiger partial charge is 0.368 e. The van der Waals surface area contributed by atoms with Gasteiger partial charge in [-0.05, 0) is 43.9 Å². The fourth-order valence-corrected chi connectivity index (χ4v) is 2.71. The summed E-state index contributed by atoms with van der Waals surface area (Å²) in [6.07, 6.45) is 3.35. The third-order valence-corrected chi connectivity index (χ3v) is 4.04. The minimum absolute atomic E-state index is 0.459. The summed E-state index contributed by atoms with van der Waals surface area (Å²) in [4.78, 5) is 13.4. The lowest BCUT2D eigenvalue weighted by atomic mass is 9.91. The molecule has 1 aromatic carbocycles. The summed E-state index contributed by atoms with van der Waals surface area (Å²) >= 11 is 6.03. The number of aldehydes is 1. The van der Waals surface area contributed by atoms with E-state index in [0.29, 0.717) is 17.0 Å². The standard InChI is InChI=1S/C14H18ClNO/c1-10-4-3-7-16(11(10)2)14-8-13(15)6-5-12(14)9-17/h5-6,8-11H,3-4,7H2,1-2H3. The van der Waals surface area contributed by atoms with Gasteiger partial charge >= 0.3 is 0 Å². The third-order valence-electron chi connectivity index (χ3n) is 3.80. The van der Waals surface area contributed by atoms with Crippen LogP contribution in [0.5, 0.6) is 0 Å². The van der Waals surface area contributed by atoms with Crippen LogP contribution in [0.3, 0.4) is 0 Å². The van der Waals surface area contributed by atoms with Crippen LogP contribution in [0.4, 0.5) is 5.69 Å². The van der Waals surface area contributed by atoms with Crippen LogP contribution in [0.15, 0.2) is 18.2 Å². The molecule has 92 valence electrons. The molecule has 3 heteroatoms. The Kier molecular flexibility index (Phi) is 3.72. The molecule has 1 heterocycles. The summed E-state index contributed by atoms with van der Waals surface area (Å²) in [6, 6.07) is 5.93. The number of rotatable bonds is 2. The Morgan fingerprint density at radius 3 is 2.88 bits per heavy atom. The van der Waals surface area contributed by atoms with Gasteiger partial charge in [0.1, 0.15) is 0 Å². The predicted molar refractivity (Wildman–Crippen MR) is 72.0 cm³/mol. The summed E-state index contributed by atoms with van der Waals surface area (Å²) in [6.45, 7) is 5.49. The van der Waals surface area contributed by atoms with E-state index in [1.165, 1.54) is 12.8 Å². The van der Waals surface area contributed by atoms with Gasteiger partial charge in [-0.1, -0.05) is 18.5 Å². The van der Waals surface area contributed by atoms with Crippen LogP contribution < -0.4 is 4.90 Å². The maximum Gasteiger partial charge on any atom is 0.152 e. The molecule has 0 bridgehead atoms. The van der Waals surface area contributed by atoms with Crippen molar-refractivity contribution in [1.82, 2.24) is 0 Å². The van der Waals surface area contributed by atoms with Gasteiger partial charge in [0.05, 0.1) is 0 Å². The Hall–Kier alpha value is -1.02. The number of nitrogens with zero attached hydrogens (tertiary/aromatic N) is 1. The minimum atomic E-state index is 0.459. The SMILES string of the molecule is CC1CCCN(c2cc(Cl)ccc2C=O)C1C. The van der Waals surface area contributed by atoms with E-state index in [1.807, 2.05) is 6.07 Å². The highest BCUT2D eigenvalue weighted by atomic mass is 35.5. The van der Waals surface area contributed by atoms with Gasteiger partial charge in [-0.25, -0.2) is 0 Å². The number of halogens is 1. The number of hydrogen-bond donors (Lipinski definition) is 0. The van der Waals surface area contributed by atoms with Crippen molar-refractivity contribution in [1.29, 1.82) is 0 Å². The predicted octanol–water partition coefficient (Wildman–Crippen LogP) is 3.78. The topological polar surface area (TPSA) is 20.3 Å². The quantitative estimate of drug-likeness (QED) is 0.746. The number of benzene rings is 1. The molecule has 0 amide bonds. The summed E-state index contributed by atoms with van der Waals surface area (Å²) in [5.74, 6) is 0.655. The first kappa shape index (κ1) is 12.4. The first-order valence-corrected chi connectivity index (χ1v) is 6.52. The summed E-state index contributed by atoms with van der Waals surface area (Å²) in [7, 11) is 0. The molecule has 1 fully saturated rings. The number of carbonyl (C=O) groups is 1. The molecule has 0 radical (unpaired) electrons. The fraction of sp³-hybridized carbons (Fsp3) is 0.500. The third kappa shape index (κ3) is 2.47. The van der Waals surface area contributed by atoms with Gasteiger partial charge < -0.3 is 4.90 Å². The average Bonchev–Trinajstić information content (AvgIpc) is 2.33. The molecule has 0 N–H and O–H groups in total. The van der Waals surface area contributed by atoms with Crippen LogP contribution in [0.2, 0.25) is 5.02 Å². The van der Waals surface area contributed by atoms with E-state index in [1.54, 1.807) is 12.1 Å². The normalized spacial score (nSPS) is 24.8. The molecular weight excluding hydrogens is 234 g/mol. The van der Waals surface area contributed by atoms with Crippen molar-refractivity contribution < 1.29 is 4.79 Å². The molecule has 0 saturated carbocycles. The highest BCUT2D eigenvalue weighted by Crippen LogP contribution is 2.31. The van der Waals surface area contributed by atoms with E-state index in [2.05, 4.69) is 18.7 Å². The zero-order valence-electron chi connectivity index (χ0n) is 10.3. The van der Waals surface area contributed by atoms with E-state index in [4.69, 9.17) is 11.6 Å². The van der Waals surface area contributed by atoms with Crippen LogP contribution >= 0.6 is 11.6 Å². The summed E-state index contributed by atoms with van der Waals surface area (Å²) in [5, 5.41) is 0.691. The molecule has 2 rings (SSSR count).